The maximum Gasteiger partial charge on any atom is 0.221 e. The number of amides is 1. The van der Waals surface area contributed by atoms with Gasteiger partial charge >= 0.3 is 0 Å². The first kappa shape index (κ1) is 6.55. The summed E-state index contributed by atoms with van der Waals surface area (Å²) in [6, 6.07) is 0. The van der Waals surface area contributed by atoms with Crippen LogP contribution in [-0.2, 0) is 4.79 Å². The van der Waals surface area contributed by atoms with Gasteiger partial charge in [0.25, 0.3) is 0 Å². The molecule has 0 unspecified atom stereocenters. The lowest BCUT2D eigenvalue weighted by Crippen LogP contribution is -2.43. The quantitative estimate of drug-likeness (QED) is 0.513. The Morgan fingerprint density at radius 2 is 2.33 bits per heavy atom. The number of hydrogen-bond donors (Lipinski definition) is 2. The maximum atomic E-state index is 10.7. The van der Waals surface area contributed by atoms with Crippen molar-refractivity contribution < 1.29 is 4.79 Å². The second-order valence-electron chi connectivity index (χ2n) is 2.56. The van der Waals surface area contributed by atoms with Gasteiger partial charge in [0.05, 0.1) is 5.66 Å². The minimum Gasteiger partial charge on any atom is -0.338 e. The van der Waals surface area contributed by atoms with Crippen molar-refractivity contribution in [3.05, 3.63) is 0 Å². The molecular formula is C6H12N2O. The Hall–Kier alpha value is -0.570. The van der Waals surface area contributed by atoms with E-state index in [1.165, 1.54) is 0 Å². The molecule has 1 rings (SSSR count). The monoisotopic (exact) mass is 128 g/mol. The van der Waals surface area contributed by atoms with Crippen LogP contribution in [0.3, 0.4) is 0 Å². The van der Waals surface area contributed by atoms with E-state index in [0.29, 0.717) is 6.42 Å². The van der Waals surface area contributed by atoms with Crippen molar-refractivity contribution >= 4 is 5.91 Å². The molecule has 0 atom stereocenters. The highest BCUT2D eigenvalue weighted by molar-refractivity contribution is 5.76. The molecule has 0 aromatic carbocycles. The van der Waals surface area contributed by atoms with Gasteiger partial charge in [-0.1, -0.05) is 6.92 Å². The molecule has 3 N–H and O–H groups in total. The van der Waals surface area contributed by atoms with Crippen molar-refractivity contribution in [1.29, 1.82) is 0 Å². The minimum atomic E-state index is -0.326. The predicted molar refractivity (Wildman–Crippen MR) is 34.6 cm³/mol. The number of nitrogens with two attached hydrogens (primary N) is 1. The smallest absolute Gasteiger partial charge is 0.221 e. The zero-order chi connectivity index (χ0) is 6.91. The van der Waals surface area contributed by atoms with Crippen LogP contribution in [0.25, 0.3) is 0 Å². The number of carbonyl (C=O) groups excluding carboxylic acids is 1. The van der Waals surface area contributed by atoms with Crippen molar-refractivity contribution in [2.45, 2.75) is 31.8 Å². The summed E-state index contributed by atoms with van der Waals surface area (Å²) < 4.78 is 0. The third-order valence-corrected chi connectivity index (χ3v) is 1.50. The van der Waals surface area contributed by atoms with Crippen LogP contribution in [0.4, 0.5) is 0 Å². The van der Waals surface area contributed by atoms with Crippen LogP contribution in [0.2, 0.25) is 0 Å². The van der Waals surface area contributed by atoms with Crippen molar-refractivity contribution in [1.82, 2.24) is 5.32 Å². The van der Waals surface area contributed by atoms with Gasteiger partial charge in [-0.2, -0.15) is 0 Å². The van der Waals surface area contributed by atoms with Crippen LogP contribution in [0.5, 0.6) is 0 Å². The standard InChI is InChI=1S/C6H12N2O/c1-2-5(9)8-6(7)3-4-6/h2-4,7H2,1H3,(H,8,9). The highest BCUT2D eigenvalue weighted by Crippen LogP contribution is 2.28. The second kappa shape index (κ2) is 1.99. The van der Waals surface area contributed by atoms with Gasteiger partial charge in [-0.05, 0) is 12.8 Å². The van der Waals surface area contributed by atoms with E-state index in [2.05, 4.69) is 5.32 Å². The van der Waals surface area contributed by atoms with Crippen molar-refractivity contribution in [3.63, 3.8) is 0 Å². The van der Waals surface area contributed by atoms with Crippen LogP contribution in [0, 0.1) is 0 Å². The molecule has 0 spiro atoms. The fraction of sp³-hybridized carbons (Fsp3) is 0.833. The Morgan fingerprint density at radius 3 is 2.67 bits per heavy atom. The van der Waals surface area contributed by atoms with Gasteiger partial charge in [-0.25, -0.2) is 0 Å². The SMILES string of the molecule is CCC(=O)NC1(N)CC1. The summed E-state index contributed by atoms with van der Waals surface area (Å²) in [4.78, 5) is 10.7. The van der Waals surface area contributed by atoms with Gasteiger partial charge in [0.15, 0.2) is 0 Å². The van der Waals surface area contributed by atoms with Gasteiger partial charge in [0, 0.05) is 6.42 Å². The molecule has 1 fully saturated rings. The van der Waals surface area contributed by atoms with Crippen LogP contribution in [0.15, 0.2) is 0 Å². The summed E-state index contributed by atoms with van der Waals surface area (Å²) in [5.41, 5.74) is 5.26. The van der Waals surface area contributed by atoms with Crippen LogP contribution in [0.1, 0.15) is 26.2 Å². The molecule has 0 bridgehead atoms. The Bertz CT molecular complexity index is 129. The van der Waals surface area contributed by atoms with E-state index in [4.69, 9.17) is 5.73 Å². The van der Waals surface area contributed by atoms with E-state index in [9.17, 15) is 4.79 Å². The maximum absolute atomic E-state index is 10.7. The van der Waals surface area contributed by atoms with Crippen LogP contribution >= 0.6 is 0 Å². The largest absolute Gasteiger partial charge is 0.338 e. The normalized spacial score (nSPS) is 21.1. The van der Waals surface area contributed by atoms with Gasteiger partial charge in [0.1, 0.15) is 0 Å². The summed E-state index contributed by atoms with van der Waals surface area (Å²) in [6.45, 7) is 1.82. The van der Waals surface area contributed by atoms with Gasteiger partial charge in [-0.15, -0.1) is 0 Å². The molecule has 1 amide bonds. The summed E-state index contributed by atoms with van der Waals surface area (Å²) in [5.74, 6) is 0.0509. The van der Waals surface area contributed by atoms with Crippen molar-refractivity contribution in [2.75, 3.05) is 0 Å². The van der Waals surface area contributed by atoms with Crippen LogP contribution in [-0.4, -0.2) is 11.6 Å². The molecule has 1 saturated carbocycles. The van der Waals surface area contributed by atoms with E-state index >= 15 is 0 Å². The number of hydrogen-bond acceptors (Lipinski definition) is 2. The fourth-order valence-corrected chi connectivity index (χ4v) is 0.626. The third-order valence-electron chi connectivity index (χ3n) is 1.50. The average Bonchev–Trinajstić information content (AvgIpc) is 2.48. The van der Waals surface area contributed by atoms with E-state index < -0.39 is 0 Å². The zero-order valence-electron chi connectivity index (χ0n) is 5.61. The summed E-state index contributed by atoms with van der Waals surface area (Å²) in [5, 5.41) is 2.72. The first-order chi connectivity index (χ1) is 4.16. The Kier molecular flexibility index (Phi) is 1.45. The van der Waals surface area contributed by atoms with Gasteiger partial charge < -0.3 is 11.1 Å². The topological polar surface area (TPSA) is 55.1 Å². The Balaban J connectivity index is 2.25. The molecule has 3 nitrogen and oxygen atoms in total. The van der Waals surface area contributed by atoms with Gasteiger partial charge in [-0.3, -0.25) is 4.79 Å². The Morgan fingerprint density at radius 1 is 1.78 bits per heavy atom. The number of nitrogens with one attached hydrogen (secondary N) is 1. The second-order valence-corrected chi connectivity index (χ2v) is 2.56. The molecule has 3 heteroatoms. The molecule has 1 aliphatic rings. The lowest BCUT2D eigenvalue weighted by Gasteiger charge is -2.09. The van der Waals surface area contributed by atoms with Crippen molar-refractivity contribution in [3.8, 4) is 0 Å². The van der Waals surface area contributed by atoms with E-state index in [0.717, 1.165) is 12.8 Å². The van der Waals surface area contributed by atoms with E-state index in [-0.39, 0.29) is 11.6 Å². The average molecular weight is 128 g/mol. The highest BCUT2D eigenvalue weighted by Gasteiger charge is 2.39. The van der Waals surface area contributed by atoms with Crippen molar-refractivity contribution in [2.24, 2.45) is 5.73 Å². The summed E-state index contributed by atoms with van der Waals surface area (Å²) in [7, 11) is 0. The minimum absolute atomic E-state index is 0.0509. The summed E-state index contributed by atoms with van der Waals surface area (Å²) in [6.07, 6.45) is 2.39. The van der Waals surface area contributed by atoms with Gasteiger partial charge in [0.2, 0.25) is 5.91 Å². The molecule has 52 valence electrons. The van der Waals surface area contributed by atoms with E-state index in [1.807, 2.05) is 6.92 Å². The summed E-state index contributed by atoms with van der Waals surface area (Å²) >= 11 is 0. The molecule has 0 aliphatic heterocycles. The first-order valence-corrected chi connectivity index (χ1v) is 3.26. The third kappa shape index (κ3) is 1.68. The molecule has 9 heavy (non-hydrogen) atoms. The highest BCUT2D eigenvalue weighted by atomic mass is 16.1. The lowest BCUT2D eigenvalue weighted by molar-refractivity contribution is -0.121. The molecule has 0 radical (unpaired) electrons. The van der Waals surface area contributed by atoms with Crippen LogP contribution < -0.4 is 11.1 Å². The number of rotatable bonds is 2. The first-order valence-electron chi connectivity index (χ1n) is 3.26. The predicted octanol–water partition coefficient (Wildman–Crippen LogP) is -0.0386. The molecule has 0 aromatic rings. The zero-order valence-corrected chi connectivity index (χ0v) is 5.61. The number of carbonyl (C=O) groups is 1. The fourth-order valence-electron chi connectivity index (χ4n) is 0.626. The van der Waals surface area contributed by atoms with E-state index in [1.54, 1.807) is 0 Å². The molecule has 0 heterocycles. The molecular weight excluding hydrogens is 116 g/mol. The molecule has 0 saturated heterocycles. The molecule has 0 aromatic heterocycles. The molecule has 1 aliphatic carbocycles. The lowest BCUT2D eigenvalue weighted by atomic mass is 10.4. The Labute approximate surface area is 54.6 Å².